The molecule has 0 radical (unpaired) electrons. The number of hydrogen-bond acceptors (Lipinski definition) is 1. The molecule has 0 spiro atoms. The second-order valence-corrected chi connectivity index (χ2v) is 6.08. The van der Waals surface area contributed by atoms with Gasteiger partial charge in [0.15, 0.2) is 0 Å². The molecule has 0 saturated carbocycles. The molecule has 0 aliphatic rings. The summed E-state index contributed by atoms with van der Waals surface area (Å²) in [6.45, 7) is 0. The van der Waals surface area contributed by atoms with Crippen molar-refractivity contribution in [1.29, 1.82) is 0 Å². The van der Waals surface area contributed by atoms with Crippen LogP contribution in [0.15, 0.2) is 40.9 Å². The molecule has 100 valence electrons. The summed E-state index contributed by atoms with van der Waals surface area (Å²) in [5.74, 6) is 0.691. The fourth-order valence-corrected chi connectivity index (χ4v) is 3.10. The molecule has 2 aromatic rings. The summed E-state index contributed by atoms with van der Waals surface area (Å²) >= 11 is 22.1. The van der Waals surface area contributed by atoms with Gasteiger partial charge in [0.2, 0.25) is 0 Å². The number of ether oxygens (including phenoxy) is 1. The van der Waals surface area contributed by atoms with E-state index in [0.29, 0.717) is 15.8 Å². The lowest BCUT2D eigenvalue weighted by molar-refractivity contribution is 0.410. The van der Waals surface area contributed by atoms with Gasteiger partial charge in [0.25, 0.3) is 0 Å². The average Bonchev–Trinajstić information content (AvgIpc) is 2.40. The zero-order chi connectivity index (χ0) is 14.0. The van der Waals surface area contributed by atoms with Crippen molar-refractivity contribution in [2.24, 2.45) is 0 Å². The highest BCUT2D eigenvalue weighted by atomic mass is 79.9. The SMILES string of the molecule is COc1ccc(Cl)cc1C(Cl)c1cc(Cl)ccc1Br. The second-order valence-electron chi connectivity index (χ2n) is 3.91. The lowest BCUT2D eigenvalue weighted by Crippen LogP contribution is -1.98. The second kappa shape index (κ2) is 6.36. The Kier molecular flexibility index (Phi) is 5.02. The van der Waals surface area contributed by atoms with Crippen molar-refractivity contribution in [3.05, 3.63) is 62.0 Å². The first-order valence-electron chi connectivity index (χ1n) is 5.45. The number of alkyl halides is 1. The average molecular weight is 380 g/mol. The summed E-state index contributed by atoms with van der Waals surface area (Å²) in [6, 6.07) is 10.8. The summed E-state index contributed by atoms with van der Waals surface area (Å²) < 4.78 is 6.21. The van der Waals surface area contributed by atoms with Crippen molar-refractivity contribution < 1.29 is 4.74 Å². The molecule has 1 atom stereocenters. The Labute approximate surface area is 135 Å². The van der Waals surface area contributed by atoms with Gasteiger partial charge in [-0.1, -0.05) is 39.1 Å². The fourth-order valence-electron chi connectivity index (χ4n) is 1.78. The van der Waals surface area contributed by atoms with Gasteiger partial charge < -0.3 is 4.74 Å². The van der Waals surface area contributed by atoms with Crippen LogP contribution in [-0.2, 0) is 0 Å². The molecule has 1 unspecified atom stereocenters. The maximum Gasteiger partial charge on any atom is 0.123 e. The summed E-state index contributed by atoms with van der Waals surface area (Å²) in [4.78, 5) is 0. The summed E-state index contributed by atoms with van der Waals surface area (Å²) in [6.07, 6.45) is 0. The van der Waals surface area contributed by atoms with Gasteiger partial charge in [-0.2, -0.15) is 0 Å². The van der Waals surface area contributed by atoms with Crippen molar-refractivity contribution in [2.75, 3.05) is 7.11 Å². The van der Waals surface area contributed by atoms with Gasteiger partial charge in [0.05, 0.1) is 12.5 Å². The van der Waals surface area contributed by atoms with Crippen molar-refractivity contribution >= 4 is 50.7 Å². The lowest BCUT2D eigenvalue weighted by Gasteiger charge is -2.16. The van der Waals surface area contributed by atoms with Crippen LogP contribution in [0.2, 0.25) is 10.0 Å². The smallest absolute Gasteiger partial charge is 0.123 e. The highest BCUT2D eigenvalue weighted by Crippen LogP contribution is 2.40. The number of hydrogen-bond donors (Lipinski definition) is 0. The van der Waals surface area contributed by atoms with Crippen LogP contribution < -0.4 is 4.74 Å². The Morgan fingerprint density at radius 1 is 1.00 bits per heavy atom. The molecule has 0 aliphatic heterocycles. The Morgan fingerprint density at radius 2 is 1.58 bits per heavy atom. The van der Waals surface area contributed by atoms with E-state index in [9.17, 15) is 0 Å². The van der Waals surface area contributed by atoms with E-state index in [1.807, 2.05) is 12.1 Å². The quantitative estimate of drug-likeness (QED) is 0.585. The molecule has 0 fully saturated rings. The summed E-state index contributed by atoms with van der Waals surface area (Å²) in [5.41, 5.74) is 1.68. The molecule has 5 heteroatoms. The number of rotatable bonds is 3. The first kappa shape index (κ1) is 15.0. The third-order valence-electron chi connectivity index (χ3n) is 2.70. The van der Waals surface area contributed by atoms with Crippen LogP contribution in [0.1, 0.15) is 16.5 Å². The summed E-state index contributed by atoms with van der Waals surface area (Å²) in [7, 11) is 1.60. The maximum atomic E-state index is 6.54. The van der Waals surface area contributed by atoms with Gasteiger partial charge >= 0.3 is 0 Å². The van der Waals surface area contributed by atoms with Crippen LogP contribution in [0, 0.1) is 0 Å². The minimum Gasteiger partial charge on any atom is -0.496 e. The Morgan fingerprint density at radius 3 is 2.21 bits per heavy atom. The van der Waals surface area contributed by atoms with Gasteiger partial charge in [-0.05, 0) is 42.0 Å². The van der Waals surface area contributed by atoms with E-state index < -0.39 is 5.38 Å². The van der Waals surface area contributed by atoms with E-state index in [0.717, 1.165) is 15.6 Å². The van der Waals surface area contributed by atoms with Crippen LogP contribution >= 0.6 is 50.7 Å². The molecule has 0 N–H and O–H groups in total. The van der Waals surface area contributed by atoms with E-state index in [2.05, 4.69) is 15.9 Å². The van der Waals surface area contributed by atoms with Crippen molar-refractivity contribution in [1.82, 2.24) is 0 Å². The Balaban J connectivity index is 2.51. The van der Waals surface area contributed by atoms with Crippen LogP contribution in [0.5, 0.6) is 5.75 Å². The molecule has 0 amide bonds. The molecule has 0 bridgehead atoms. The number of benzene rings is 2. The largest absolute Gasteiger partial charge is 0.496 e. The minimum absolute atomic E-state index is 0.401. The molecule has 1 nitrogen and oxygen atoms in total. The highest BCUT2D eigenvalue weighted by molar-refractivity contribution is 9.10. The van der Waals surface area contributed by atoms with Crippen LogP contribution in [0.25, 0.3) is 0 Å². The van der Waals surface area contributed by atoms with E-state index in [-0.39, 0.29) is 0 Å². The topological polar surface area (TPSA) is 9.23 Å². The molecular formula is C14H10BrCl3O. The Hall–Kier alpha value is -0.410. The van der Waals surface area contributed by atoms with Gasteiger partial charge in [-0.15, -0.1) is 11.6 Å². The molecule has 0 aliphatic carbocycles. The molecule has 0 saturated heterocycles. The fraction of sp³-hybridized carbons (Fsp3) is 0.143. The third-order valence-corrected chi connectivity index (χ3v) is 4.36. The third kappa shape index (κ3) is 3.38. The van der Waals surface area contributed by atoms with Crippen molar-refractivity contribution in [2.45, 2.75) is 5.38 Å². The first-order valence-corrected chi connectivity index (χ1v) is 7.44. The predicted molar refractivity (Wildman–Crippen MR) is 84.9 cm³/mol. The van der Waals surface area contributed by atoms with E-state index >= 15 is 0 Å². The molecular weight excluding hydrogens is 370 g/mol. The summed E-state index contributed by atoms with van der Waals surface area (Å²) in [5, 5.41) is 0.839. The first-order chi connectivity index (χ1) is 9.02. The predicted octanol–water partition coefficient (Wildman–Crippen LogP) is 6.09. The molecule has 0 heterocycles. The van der Waals surface area contributed by atoms with E-state index in [4.69, 9.17) is 39.5 Å². The molecule has 2 rings (SSSR count). The normalized spacial score (nSPS) is 12.3. The molecule has 0 aromatic heterocycles. The van der Waals surface area contributed by atoms with Crippen LogP contribution in [0.3, 0.4) is 0 Å². The van der Waals surface area contributed by atoms with Gasteiger partial charge in [0.1, 0.15) is 5.75 Å². The highest BCUT2D eigenvalue weighted by Gasteiger charge is 2.19. The Bertz CT molecular complexity index is 601. The minimum atomic E-state index is -0.401. The van der Waals surface area contributed by atoms with Crippen molar-refractivity contribution in [3.8, 4) is 5.75 Å². The van der Waals surface area contributed by atoms with Gasteiger partial charge in [-0.25, -0.2) is 0 Å². The van der Waals surface area contributed by atoms with Gasteiger partial charge in [0, 0.05) is 20.1 Å². The van der Waals surface area contributed by atoms with Crippen LogP contribution in [-0.4, -0.2) is 7.11 Å². The zero-order valence-electron chi connectivity index (χ0n) is 9.96. The maximum absolute atomic E-state index is 6.54. The van der Waals surface area contributed by atoms with E-state index in [1.165, 1.54) is 0 Å². The van der Waals surface area contributed by atoms with E-state index in [1.54, 1.807) is 31.4 Å². The zero-order valence-corrected chi connectivity index (χ0v) is 13.8. The standard InChI is InChI=1S/C14H10BrCl3O/c1-19-13-5-3-9(17)7-11(13)14(18)10-6-8(16)2-4-12(10)15/h2-7,14H,1H3. The van der Waals surface area contributed by atoms with Gasteiger partial charge in [-0.3, -0.25) is 0 Å². The monoisotopic (exact) mass is 378 g/mol. The van der Waals surface area contributed by atoms with Crippen LogP contribution in [0.4, 0.5) is 0 Å². The van der Waals surface area contributed by atoms with Crippen molar-refractivity contribution in [3.63, 3.8) is 0 Å². The lowest BCUT2D eigenvalue weighted by atomic mass is 10.0. The number of halogens is 4. The molecule has 19 heavy (non-hydrogen) atoms. The molecule has 2 aromatic carbocycles. The number of methoxy groups -OCH3 is 1.